The van der Waals surface area contributed by atoms with Crippen molar-refractivity contribution < 1.29 is 17.0 Å². The molecule has 0 atom stereocenters. The Balaban J connectivity index is 0. The van der Waals surface area contributed by atoms with Crippen LogP contribution < -0.4 is 22.3 Å². The molecule has 0 saturated heterocycles. The summed E-state index contributed by atoms with van der Waals surface area (Å²) in [7, 11) is 0. The molecule has 0 fully saturated rings. The van der Waals surface area contributed by atoms with E-state index in [0.717, 1.165) is 25.9 Å². The van der Waals surface area contributed by atoms with Crippen molar-refractivity contribution in [2.24, 2.45) is 0 Å². The summed E-state index contributed by atoms with van der Waals surface area (Å²) in [5.74, 6) is 0. The Labute approximate surface area is 114 Å². The quantitative estimate of drug-likeness (QED) is 0.395. The summed E-state index contributed by atoms with van der Waals surface area (Å²) in [5, 5.41) is 3.32. The second kappa shape index (κ2) is 11.5. The van der Waals surface area contributed by atoms with Crippen LogP contribution in [0.1, 0.15) is 12.0 Å². The van der Waals surface area contributed by atoms with Crippen LogP contribution in [-0.4, -0.2) is 36.1 Å². The van der Waals surface area contributed by atoms with Crippen molar-refractivity contribution in [1.29, 1.82) is 0 Å². The van der Waals surface area contributed by atoms with E-state index in [1.165, 1.54) is 5.56 Å². The second-order valence-corrected chi connectivity index (χ2v) is 2.84. The minimum atomic E-state index is 0. The summed E-state index contributed by atoms with van der Waals surface area (Å²) in [5.41, 5.74) is 1.40. The van der Waals surface area contributed by atoms with E-state index in [4.69, 9.17) is 0 Å². The van der Waals surface area contributed by atoms with Gasteiger partial charge in [-0.15, -0.1) is 0 Å². The van der Waals surface area contributed by atoms with Gasteiger partial charge in [-0.1, -0.05) is 30.3 Å². The molecule has 0 heterocycles. The van der Waals surface area contributed by atoms with Crippen molar-refractivity contribution in [2.75, 3.05) is 13.1 Å². The third-order valence-electron chi connectivity index (χ3n) is 1.79. The molecule has 0 spiro atoms. The fourth-order valence-electron chi connectivity index (χ4n) is 1.13. The normalized spacial score (nSPS) is 8.64. The molecule has 3 heteroatoms. The minimum absolute atomic E-state index is 0. The Hall–Kier alpha value is 0.426. The maximum Gasteiger partial charge on any atom is 2.00 e. The van der Waals surface area contributed by atoms with E-state index in [1.54, 1.807) is 0 Å². The summed E-state index contributed by atoms with van der Waals surface area (Å²) < 4.78 is 0. The summed E-state index contributed by atoms with van der Waals surface area (Å²) in [6.45, 7) is 5.84. The summed E-state index contributed by atoms with van der Waals surface area (Å²) >= 11 is 0. The van der Waals surface area contributed by atoms with Crippen LogP contribution in [0.2, 0.25) is 0 Å². The number of hydrogen-bond acceptors (Lipinski definition) is 1. The van der Waals surface area contributed by atoms with Crippen LogP contribution >= 0.6 is 0 Å². The van der Waals surface area contributed by atoms with E-state index in [1.807, 2.05) is 6.07 Å². The number of benzene rings is 1. The fraction of sp³-hybridized carbons (Fsp3) is 0.364. The first-order valence-corrected chi connectivity index (χ1v) is 4.47. The first-order valence-electron chi connectivity index (χ1n) is 4.47. The summed E-state index contributed by atoms with van der Waals surface area (Å²) in [4.78, 5) is 0. The van der Waals surface area contributed by atoms with Crippen molar-refractivity contribution in [3.8, 4) is 0 Å². The predicted octanol–water partition coefficient (Wildman–Crippen LogP) is -1.33. The van der Waals surface area contributed by atoms with Crippen LogP contribution in [0, 0.1) is 6.92 Å². The summed E-state index contributed by atoms with van der Waals surface area (Å²) in [6.07, 6.45) is 2.08. The van der Waals surface area contributed by atoms with Crippen LogP contribution in [0.15, 0.2) is 30.3 Å². The predicted molar refractivity (Wildman–Crippen MR) is 58.7 cm³/mol. The number of rotatable bonds is 5. The topological polar surface area (TPSA) is 12.0 Å². The molecule has 0 saturated carbocycles. The maximum absolute atomic E-state index is 3.77. The molecule has 0 radical (unpaired) electrons. The van der Waals surface area contributed by atoms with E-state index in [2.05, 4.69) is 36.5 Å². The van der Waals surface area contributed by atoms with Crippen molar-refractivity contribution in [3.63, 3.8) is 0 Å². The molecule has 1 aromatic carbocycles. The molecule has 0 bridgehead atoms. The molecular formula is C11H16BrMgN. The average Bonchev–Trinajstić information content (AvgIpc) is 2.14. The molecule has 0 aliphatic heterocycles. The molecule has 0 aliphatic rings. The maximum atomic E-state index is 3.77. The standard InChI is InChI=1S/C11H16N.BrH.Mg/c1-2-9-12-10-8-11-6-4-3-5-7-11;;/h3-7,12H,1-2,8-10H2;1H;/q-1;;+2/p-1. The molecular weight excluding hydrogens is 250 g/mol. The molecule has 14 heavy (non-hydrogen) atoms. The molecule has 0 unspecified atom stereocenters. The Kier molecular flexibility index (Phi) is 13.8. The molecule has 1 N–H and O–H groups in total. The van der Waals surface area contributed by atoms with Gasteiger partial charge in [0, 0.05) is 0 Å². The van der Waals surface area contributed by atoms with Gasteiger partial charge in [0.2, 0.25) is 0 Å². The van der Waals surface area contributed by atoms with Gasteiger partial charge in [-0.2, -0.15) is 6.42 Å². The van der Waals surface area contributed by atoms with Gasteiger partial charge >= 0.3 is 23.1 Å². The van der Waals surface area contributed by atoms with Gasteiger partial charge in [-0.05, 0) is 25.1 Å². The van der Waals surface area contributed by atoms with E-state index in [9.17, 15) is 0 Å². The Bertz CT molecular complexity index is 204. The second-order valence-electron chi connectivity index (χ2n) is 2.84. The number of halogens is 1. The zero-order valence-corrected chi connectivity index (χ0v) is 11.5. The fourth-order valence-corrected chi connectivity index (χ4v) is 1.13. The summed E-state index contributed by atoms with van der Waals surface area (Å²) in [6, 6.07) is 10.5. The molecule has 0 aliphatic carbocycles. The SMILES string of the molecule is [Br-].[CH2-]CCNCCc1ccccc1.[Mg+2]. The van der Waals surface area contributed by atoms with Crippen LogP contribution in [0.25, 0.3) is 0 Å². The third-order valence-corrected chi connectivity index (χ3v) is 1.79. The largest absolute Gasteiger partial charge is 2.00 e. The van der Waals surface area contributed by atoms with Crippen molar-refractivity contribution >= 4 is 23.1 Å². The Morgan fingerprint density at radius 3 is 2.29 bits per heavy atom. The van der Waals surface area contributed by atoms with Gasteiger partial charge in [0.25, 0.3) is 0 Å². The van der Waals surface area contributed by atoms with E-state index in [0.29, 0.717) is 0 Å². The minimum Gasteiger partial charge on any atom is -1.00 e. The van der Waals surface area contributed by atoms with Gasteiger partial charge in [-0.3, -0.25) is 0 Å². The zero-order chi connectivity index (χ0) is 8.65. The molecule has 0 amide bonds. The number of hydrogen-bond donors (Lipinski definition) is 1. The van der Waals surface area contributed by atoms with Crippen molar-refractivity contribution in [2.45, 2.75) is 12.8 Å². The molecule has 1 nitrogen and oxygen atoms in total. The van der Waals surface area contributed by atoms with Gasteiger partial charge in [0.1, 0.15) is 0 Å². The van der Waals surface area contributed by atoms with Crippen molar-refractivity contribution in [3.05, 3.63) is 42.8 Å². The van der Waals surface area contributed by atoms with Gasteiger partial charge in [-0.25, -0.2) is 0 Å². The van der Waals surface area contributed by atoms with Crippen molar-refractivity contribution in [1.82, 2.24) is 5.32 Å². The monoisotopic (exact) mass is 265 g/mol. The van der Waals surface area contributed by atoms with E-state index in [-0.39, 0.29) is 40.0 Å². The zero-order valence-electron chi connectivity index (χ0n) is 8.51. The van der Waals surface area contributed by atoms with Crippen LogP contribution in [0.5, 0.6) is 0 Å². The molecule has 1 rings (SSSR count). The van der Waals surface area contributed by atoms with Crippen LogP contribution in [-0.2, 0) is 6.42 Å². The van der Waals surface area contributed by atoms with Gasteiger partial charge in [0.15, 0.2) is 0 Å². The van der Waals surface area contributed by atoms with Crippen LogP contribution in [0.3, 0.4) is 0 Å². The van der Waals surface area contributed by atoms with E-state index < -0.39 is 0 Å². The smallest absolute Gasteiger partial charge is 1.00 e. The molecule has 0 aromatic heterocycles. The average molecular weight is 266 g/mol. The van der Waals surface area contributed by atoms with Crippen LogP contribution in [0.4, 0.5) is 0 Å². The number of nitrogens with one attached hydrogen (secondary N) is 1. The molecule has 74 valence electrons. The Morgan fingerprint density at radius 1 is 1.07 bits per heavy atom. The van der Waals surface area contributed by atoms with Gasteiger partial charge in [0.05, 0.1) is 0 Å². The molecule has 1 aromatic rings. The van der Waals surface area contributed by atoms with Gasteiger partial charge < -0.3 is 29.2 Å². The first-order chi connectivity index (χ1) is 5.93. The Morgan fingerprint density at radius 2 is 1.71 bits per heavy atom. The van der Waals surface area contributed by atoms with E-state index >= 15 is 0 Å². The first kappa shape index (κ1) is 16.8. The third kappa shape index (κ3) is 7.80.